The molecule has 0 unspecified atom stereocenters. The first-order valence-electron chi connectivity index (χ1n) is 7.24. The van der Waals surface area contributed by atoms with Crippen molar-refractivity contribution in [2.24, 2.45) is 7.05 Å². The lowest BCUT2D eigenvalue weighted by molar-refractivity contribution is 0.424. The van der Waals surface area contributed by atoms with E-state index in [0.29, 0.717) is 24.3 Å². The molecule has 1 aliphatic rings. The number of hydrogen-bond donors (Lipinski definition) is 1. The third-order valence-electron chi connectivity index (χ3n) is 3.28. The molecule has 1 fully saturated rings. The molecule has 2 aromatic heterocycles. The van der Waals surface area contributed by atoms with Gasteiger partial charge in [0.05, 0.1) is 6.20 Å². The van der Waals surface area contributed by atoms with Crippen LogP contribution in [-0.4, -0.2) is 30.8 Å². The van der Waals surface area contributed by atoms with Crippen molar-refractivity contribution in [3.63, 3.8) is 0 Å². The second kappa shape index (κ2) is 5.77. The van der Waals surface area contributed by atoms with Gasteiger partial charge in [-0.15, -0.1) is 5.10 Å². The van der Waals surface area contributed by atoms with Crippen LogP contribution in [0, 0.1) is 0 Å². The zero-order chi connectivity index (χ0) is 14.8. The Morgan fingerprint density at radius 2 is 2.19 bits per heavy atom. The van der Waals surface area contributed by atoms with Crippen molar-refractivity contribution in [1.29, 1.82) is 0 Å². The lowest BCUT2D eigenvalue weighted by Crippen LogP contribution is -2.18. The van der Waals surface area contributed by atoms with E-state index < -0.39 is 0 Å². The Balaban J connectivity index is 1.81. The highest BCUT2D eigenvalue weighted by atomic mass is 16.5. The largest absolute Gasteiger partial charge is 0.420 e. The summed E-state index contributed by atoms with van der Waals surface area (Å²) in [6, 6.07) is 0.925. The molecule has 112 valence electrons. The van der Waals surface area contributed by atoms with Crippen molar-refractivity contribution in [1.82, 2.24) is 30.0 Å². The fourth-order valence-corrected chi connectivity index (χ4v) is 1.90. The van der Waals surface area contributed by atoms with Gasteiger partial charge in [0.2, 0.25) is 0 Å². The zero-order valence-electron chi connectivity index (χ0n) is 12.6. The van der Waals surface area contributed by atoms with Gasteiger partial charge in [-0.3, -0.25) is 4.68 Å². The minimum absolute atomic E-state index is 0.284. The highest BCUT2D eigenvalue weighted by Crippen LogP contribution is 2.24. The van der Waals surface area contributed by atoms with Gasteiger partial charge in [0.1, 0.15) is 17.8 Å². The van der Waals surface area contributed by atoms with E-state index >= 15 is 0 Å². The quantitative estimate of drug-likeness (QED) is 0.873. The van der Waals surface area contributed by atoms with E-state index in [-0.39, 0.29) is 5.92 Å². The van der Waals surface area contributed by atoms with Crippen molar-refractivity contribution >= 4 is 0 Å². The van der Waals surface area contributed by atoms with E-state index in [1.54, 1.807) is 24.3 Å². The number of aromatic nitrogens is 5. The van der Waals surface area contributed by atoms with E-state index in [9.17, 15) is 0 Å². The van der Waals surface area contributed by atoms with Gasteiger partial charge in [0.25, 0.3) is 0 Å². The number of hydrogen-bond acceptors (Lipinski definition) is 6. The normalized spacial score (nSPS) is 14.7. The molecule has 21 heavy (non-hydrogen) atoms. The summed E-state index contributed by atoms with van der Waals surface area (Å²) in [7, 11) is 1.80. The summed E-state index contributed by atoms with van der Waals surface area (Å²) in [5.41, 5.74) is 0.855. The highest BCUT2D eigenvalue weighted by molar-refractivity contribution is 5.28. The first-order valence-corrected chi connectivity index (χ1v) is 7.24. The second-order valence-corrected chi connectivity index (χ2v) is 5.65. The van der Waals surface area contributed by atoms with Crippen LogP contribution in [0.4, 0.5) is 0 Å². The molecule has 0 aliphatic heterocycles. The SMILES string of the molecule is CC(C)c1ncc(Oc2ncn(C)n2)c(CNC2CC2)n1. The van der Waals surface area contributed by atoms with Gasteiger partial charge in [-0.1, -0.05) is 13.8 Å². The van der Waals surface area contributed by atoms with E-state index in [2.05, 4.69) is 39.2 Å². The maximum absolute atomic E-state index is 5.71. The molecule has 0 atom stereocenters. The molecular weight excluding hydrogens is 268 g/mol. The predicted octanol–water partition coefficient (Wildman–Crippen LogP) is 1.77. The molecule has 2 aromatic rings. The van der Waals surface area contributed by atoms with Crippen LogP contribution in [-0.2, 0) is 13.6 Å². The molecule has 0 amide bonds. The van der Waals surface area contributed by atoms with Crippen LogP contribution in [0.15, 0.2) is 12.5 Å². The molecule has 1 saturated carbocycles. The van der Waals surface area contributed by atoms with Crippen LogP contribution >= 0.6 is 0 Å². The average Bonchev–Trinajstić information content (AvgIpc) is 3.20. The summed E-state index contributed by atoms with van der Waals surface area (Å²) >= 11 is 0. The average molecular weight is 288 g/mol. The van der Waals surface area contributed by atoms with Crippen molar-refractivity contribution in [2.75, 3.05) is 0 Å². The molecule has 0 saturated heterocycles. The molecule has 7 nitrogen and oxygen atoms in total. The Hall–Kier alpha value is -2.02. The molecule has 1 N–H and O–H groups in total. The fourth-order valence-electron chi connectivity index (χ4n) is 1.90. The van der Waals surface area contributed by atoms with Crippen molar-refractivity contribution < 1.29 is 4.74 Å². The number of rotatable bonds is 6. The highest BCUT2D eigenvalue weighted by Gasteiger charge is 2.22. The van der Waals surface area contributed by atoms with Gasteiger partial charge < -0.3 is 10.1 Å². The smallest absolute Gasteiger partial charge is 0.341 e. The topological polar surface area (TPSA) is 77.8 Å². The Labute approximate surface area is 123 Å². The molecular formula is C14H20N6O. The number of nitrogens with one attached hydrogen (secondary N) is 1. The van der Waals surface area contributed by atoms with Crippen LogP contribution in [0.3, 0.4) is 0 Å². The van der Waals surface area contributed by atoms with Crippen molar-refractivity contribution in [3.8, 4) is 11.8 Å². The predicted molar refractivity (Wildman–Crippen MR) is 77.1 cm³/mol. The third-order valence-corrected chi connectivity index (χ3v) is 3.28. The Morgan fingerprint density at radius 3 is 2.81 bits per heavy atom. The molecule has 0 bridgehead atoms. The first kappa shape index (κ1) is 13.9. The molecule has 1 aliphatic carbocycles. The maximum Gasteiger partial charge on any atom is 0.341 e. The Bertz CT molecular complexity index is 620. The van der Waals surface area contributed by atoms with E-state index in [4.69, 9.17) is 4.74 Å². The van der Waals surface area contributed by atoms with Gasteiger partial charge in [-0.05, 0) is 12.8 Å². The first-order chi connectivity index (χ1) is 10.1. The van der Waals surface area contributed by atoms with Gasteiger partial charge in [-0.2, -0.15) is 4.98 Å². The van der Waals surface area contributed by atoms with Gasteiger partial charge >= 0.3 is 6.01 Å². The molecule has 0 spiro atoms. The lowest BCUT2D eigenvalue weighted by Gasteiger charge is -2.11. The fraction of sp³-hybridized carbons (Fsp3) is 0.571. The molecule has 2 heterocycles. The Morgan fingerprint density at radius 1 is 1.38 bits per heavy atom. The lowest BCUT2D eigenvalue weighted by atomic mass is 10.2. The summed E-state index contributed by atoms with van der Waals surface area (Å²) in [6.07, 6.45) is 5.78. The molecule has 0 radical (unpaired) electrons. The van der Waals surface area contributed by atoms with E-state index in [1.807, 2.05) is 0 Å². The summed E-state index contributed by atoms with van der Waals surface area (Å²) in [6.45, 7) is 4.83. The summed E-state index contributed by atoms with van der Waals surface area (Å²) in [4.78, 5) is 13.0. The molecule has 3 rings (SSSR count). The van der Waals surface area contributed by atoms with E-state index in [0.717, 1.165) is 11.5 Å². The minimum atomic E-state index is 0.284. The molecule has 0 aromatic carbocycles. The molecule has 7 heteroatoms. The number of aryl methyl sites for hydroxylation is 1. The van der Waals surface area contributed by atoms with Crippen molar-refractivity contribution in [2.45, 2.75) is 45.2 Å². The van der Waals surface area contributed by atoms with Crippen LogP contribution in [0.2, 0.25) is 0 Å². The van der Waals surface area contributed by atoms with Crippen molar-refractivity contribution in [3.05, 3.63) is 24.0 Å². The summed E-state index contributed by atoms with van der Waals surface area (Å²) < 4.78 is 7.31. The monoisotopic (exact) mass is 288 g/mol. The number of nitrogens with zero attached hydrogens (tertiary/aromatic N) is 5. The van der Waals surface area contributed by atoms with Crippen LogP contribution in [0.5, 0.6) is 11.8 Å². The van der Waals surface area contributed by atoms with Crippen LogP contribution in [0.1, 0.15) is 44.1 Å². The minimum Gasteiger partial charge on any atom is -0.420 e. The van der Waals surface area contributed by atoms with Gasteiger partial charge in [0, 0.05) is 25.6 Å². The van der Waals surface area contributed by atoms with Gasteiger partial charge in [-0.25, -0.2) is 9.97 Å². The summed E-state index contributed by atoms with van der Waals surface area (Å²) in [5.74, 6) is 1.72. The standard InChI is InChI=1S/C14H20N6O/c1-9(2)13-16-7-12(21-14-17-8-20(3)19-14)11(18-13)6-15-10-4-5-10/h7-10,15H,4-6H2,1-3H3. The third kappa shape index (κ3) is 3.55. The zero-order valence-corrected chi connectivity index (χ0v) is 12.6. The van der Waals surface area contributed by atoms with E-state index in [1.165, 1.54) is 12.8 Å². The van der Waals surface area contributed by atoms with Crippen LogP contribution in [0.25, 0.3) is 0 Å². The maximum atomic E-state index is 5.71. The Kier molecular flexibility index (Phi) is 3.83. The van der Waals surface area contributed by atoms with Crippen LogP contribution < -0.4 is 10.1 Å². The van der Waals surface area contributed by atoms with Gasteiger partial charge in [0.15, 0.2) is 5.75 Å². The number of ether oxygens (including phenoxy) is 1. The summed E-state index contributed by atoms with van der Waals surface area (Å²) in [5, 5.41) is 7.57. The second-order valence-electron chi connectivity index (χ2n) is 5.65.